The van der Waals surface area contributed by atoms with Gasteiger partial charge in [0, 0.05) is 17.8 Å². The molecule has 0 fully saturated rings. The highest BCUT2D eigenvalue weighted by Crippen LogP contribution is 2.13. The second-order valence-corrected chi connectivity index (χ2v) is 5.80. The lowest BCUT2D eigenvalue weighted by molar-refractivity contribution is 0.102. The second kappa shape index (κ2) is 6.66. The molecule has 3 rings (SSSR count). The van der Waals surface area contributed by atoms with Gasteiger partial charge < -0.3 is 5.32 Å². The summed E-state index contributed by atoms with van der Waals surface area (Å²) in [6.07, 6.45) is 1.75. The average Bonchev–Trinajstić information content (AvgIpc) is 2.94. The minimum atomic E-state index is -0.275. The predicted molar refractivity (Wildman–Crippen MR) is 91.6 cm³/mol. The standard InChI is InChI=1S/C19H18FN3O/c1-13-6-7-17(14(2)10-13)19(24)21-18-8-9-23(22-18)12-15-4-3-5-16(20)11-15/h3-11H,12H2,1-2H3,(H,21,22,24). The first-order chi connectivity index (χ1) is 11.5. The number of carbonyl (C=O) groups is 1. The number of aryl methyl sites for hydroxylation is 2. The van der Waals surface area contributed by atoms with Crippen LogP contribution in [-0.2, 0) is 6.54 Å². The smallest absolute Gasteiger partial charge is 0.257 e. The summed E-state index contributed by atoms with van der Waals surface area (Å²) < 4.78 is 14.9. The van der Waals surface area contributed by atoms with Crippen molar-refractivity contribution in [1.29, 1.82) is 0 Å². The van der Waals surface area contributed by atoms with Crippen LogP contribution in [0.2, 0.25) is 0 Å². The third-order valence-corrected chi connectivity index (χ3v) is 3.74. The van der Waals surface area contributed by atoms with Gasteiger partial charge in [0.2, 0.25) is 0 Å². The molecule has 0 atom stereocenters. The van der Waals surface area contributed by atoms with Crippen LogP contribution in [-0.4, -0.2) is 15.7 Å². The third-order valence-electron chi connectivity index (χ3n) is 3.74. The van der Waals surface area contributed by atoms with Crippen molar-refractivity contribution >= 4 is 11.7 Å². The number of nitrogens with zero attached hydrogens (tertiary/aromatic N) is 2. The van der Waals surface area contributed by atoms with E-state index in [9.17, 15) is 9.18 Å². The van der Waals surface area contributed by atoms with E-state index in [1.54, 1.807) is 23.0 Å². The molecule has 0 aliphatic heterocycles. The zero-order valence-corrected chi connectivity index (χ0v) is 13.6. The lowest BCUT2D eigenvalue weighted by Gasteiger charge is -2.06. The summed E-state index contributed by atoms with van der Waals surface area (Å²) in [5, 5.41) is 7.10. The van der Waals surface area contributed by atoms with E-state index in [-0.39, 0.29) is 11.7 Å². The van der Waals surface area contributed by atoms with Crippen molar-refractivity contribution in [3.05, 3.63) is 82.8 Å². The molecule has 0 saturated heterocycles. The number of aromatic nitrogens is 2. The van der Waals surface area contributed by atoms with Crippen molar-refractivity contribution in [2.75, 3.05) is 5.32 Å². The number of anilines is 1. The summed E-state index contributed by atoms with van der Waals surface area (Å²) in [5.74, 6) is 0.00270. The van der Waals surface area contributed by atoms with Gasteiger partial charge in [0.1, 0.15) is 5.82 Å². The van der Waals surface area contributed by atoms with Crippen LogP contribution in [0.4, 0.5) is 10.2 Å². The quantitative estimate of drug-likeness (QED) is 0.790. The van der Waals surface area contributed by atoms with E-state index < -0.39 is 0 Å². The highest BCUT2D eigenvalue weighted by atomic mass is 19.1. The molecule has 24 heavy (non-hydrogen) atoms. The van der Waals surface area contributed by atoms with Crippen LogP contribution >= 0.6 is 0 Å². The van der Waals surface area contributed by atoms with Crippen molar-refractivity contribution < 1.29 is 9.18 Å². The van der Waals surface area contributed by atoms with Crippen molar-refractivity contribution in [3.63, 3.8) is 0 Å². The van der Waals surface area contributed by atoms with Crippen LogP contribution in [0.3, 0.4) is 0 Å². The lowest BCUT2D eigenvalue weighted by atomic mass is 10.1. The number of carbonyl (C=O) groups excluding carboxylic acids is 1. The number of amides is 1. The Morgan fingerprint density at radius 3 is 2.75 bits per heavy atom. The van der Waals surface area contributed by atoms with Gasteiger partial charge >= 0.3 is 0 Å². The number of nitrogens with one attached hydrogen (secondary N) is 1. The highest BCUT2D eigenvalue weighted by Gasteiger charge is 2.11. The minimum absolute atomic E-state index is 0.191. The zero-order valence-electron chi connectivity index (χ0n) is 13.6. The minimum Gasteiger partial charge on any atom is -0.305 e. The molecule has 3 aromatic rings. The van der Waals surface area contributed by atoms with Crippen LogP contribution in [0, 0.1) is 19.7 Å². The Balaban J connectivity index is 1.70. The predicted octanol–water partition coefficient (Wildman–Crippen LogP) is 3.94. The van der Waals surface area contributed by atoms with Crippen LogP contribution in [0.1, 0.15) is 27.0 Å². The van der Waals surface area contributed by atoms with E-state index in [0.29, 0.717) is 17.9 Å². The Bertz CT molecular complexity index is 886. The molecule has 0 bridgehead atoms. The van der Waals surface area contributed by atoms with Crippen LogP contribution in [0.25, 0.3) is 0 Å². The van der Waals surface area contributed by atoms with Gasteiger partial charge in [-0.3, -0.25) is 9.48 Å². The topological polar surface area (TPSA) is 46.9 Å². The van der Waals surface area contributed by atoms with Gasteiger partial charge in [0.05, 0.1) is 6.54 Å². The van der Waals surface area contributed by atoms with Crippen molar-refractivity contribution in [2.24, 2.45) is 0 Å². The molecule has 1 N–H and O–H groups in total. The van der Waals surface area contributed by atoms with Gasteiger partial charge in [-0.05, 0) is 43.2 Å². The molecule has 0 aliphatic carbocycles. The second-order valence-electron chi connectivity index (χ2n) is 5.80. The van der Waals surface area contributed by atoms with E-state index in [4.69, 9.17) is 0 Å². The molecule has 0 radical (unpaired) electrons. The van der Waals surface area contributed by atoms with E-state index in [0.717, 1.165) is 16.7 Å². The first-order valence-electron chi connectivity index (χ1n) is 7.68. The molecule has 0 aliphatic rings. The molecule has 1 amide bonds. The maximum atomic E-state index is 13.2. The summed E-state index contributed by atoms with van der Waals surface area (Å²) >= 11 is 0. The molecule has 5 heteroatoms. The summed E-state index contributed by atoms with van der Waals surface area (Å²) in [6.45, 7) is 4.34. The molecule has 0 spiro atoms. The lowest BCUT2D eigenvalue weighted by Crippen LogP contribution is -2.14. The molecule has 2 aromatic carbocycles. The highest BCUT2D eigenvalue weighted by molar-refractivity contribution is 6.04. The molecule has 122 valence electrons. The Kier molecular flexibility index (Phi) is 4.42. The van der Waals surface area contributed by atoms with E-state index in [1.807, 2.05) is 38.1 Å². The number of hydrogen-bond donors (Lipinski definition) is 1. The fraction of sp³-hybridized carbons (Fsp3) is 0.158. The number of rotatable bonds is 4. The normalized spacial score (nSPS) is 10.6. The Morgan fingerprint density at radius 1 is 1.17 bits per heavy atom. The molecule has 1 heterocycles. The largest absolute Gasteiger partial charge is 0.305 e. The Morgan fingerprint density at radius 2 is 2.00 bits per heavy atom. The first-order valence-corrected chi connectivity index (χ1v) is 7.68. The fourth-order valence-electron chi connectivity index (χ4n) is 2.59. The SMILES string of the molecule is Cc1ccc(C(=O)Nc2ccn(Cc3cccc(F)c3)n2)c(C)c1. The monoisotopic (exact) mass is 323 g/mol. The van der Waals surface area contributed by atoms with Gasteiger partial charge in [-0.25, -0.2) is 4.39 Å². The van der Waals surface area contributed by atoms with Gasteiger partial charge in [-0.1, -0.05) is 29.8 Å². The van der Waals surface area contributed by atoms with Crippen LogP contribution in [0.15, 0.2) is 54.7 Å². The van der Waals surface area contributed by atoms with Crippen molar-refractivity contribution in [1.82, 2.24) is 9.78 Å². The average molecular weight is 323 g/mol. The van der Waals surface area contributed by atoms with E-state index in [2.05, 4.69) is 10.4 Å². The zero-order chi connectivity index (χ0) is 17.1. The molecule has 0 unspecified atom stereocenters. The van der Waals surface area contributed by atoms with E-state index in [1.165, 1.54) is 12.1 Å². The van der Waals surface area contributed by atoms with Gasteiger partial charge in [0.25, 0.3) is 5.91 Å². The van der Waals surface area contributed by atoms with Gasteiger partial charge in [0.15, 0.2) is 5.82 Å². The van der Waals surface area contributed by atoms with Crippen molar-refractivity contribution in [2.45, 2.75) is 20.4 Å². The molecule has 0 saturated carbocycles. The summed E-state index contributed by atoms with van der Waals surface area (Å²) in [4.78, 5) is 12.3. The Hall–Kier alpha value is -2.95. The summed E-state index contributed by atoms with van der Waals surface area (Å²) in [5.41, 5.74) is 3.47. The first kappa shape index (κ1) is 15.9. The number of hydrogen-bond acceptors (Lipinski definition) is 2. The number of halogens is 1. The molecule has 1 aromatic heterocycles. The Labute approximate surface area is 139 Å². The molecular formula is C19H18FN3O. The van der Waals surface area contributed by atoms with E-state index >= 15 is 0 Å². The maximum absolute atomic E-state index is 13.2. The molecular weight excluding hydrogens is 305 g/mol. The summed E-state index contributed by atoms with van der Waals surface area (Å²) in [6, 6.07) is 13.8. The number of benzene rings is 2. The fourth-order valence-corrected chi connectivity index (χ4v) is 2.59. The van der Waals surface area contributed by atoms with Crippen LogP contribution < -0.4 is 5.32 Å². The van der Waals surface area contributed by atoms with Gasteiger partial charge in [-0.15, -0.1) is 0 Å². The molecule has 4 nitrogen and oxygen atoms in total. The third kappa shape index (κ3) is 3.68. The maximum Gasteiger partial charge on any atom is 0.257 e. The van der Waals surface area contributed by atoms with Crippen LogP contribution in [0.5, 0.6) is 0 Å². The van der Waals surface area contributed by atoms with Crippen molar-refractivity contribution in [3.8, 4) is 0 Å². The van der Waals surface area contributed by atoms with Gasteiger partial charge in [-0.2, -0.15) is 5.10 Å². The summed E-state index contributed by atoms with van der Waals surface area (Å²) in [7, 11) is 0.